The second-order valence-electron chi connectivity index (χ2n) is 5.64. The van der Waals surface area contributed by atoms with Crippen LogP contribution in [-0.2, 0) is 21.2 Å². The van der Waals surface area contributed by atoms with Crippen LogP contribution in [0.25, 0.3) is 0 Å². The summed E-state index contributed by atoms with van der Waals surface area (Å²) >= 11 is 0. The fourth-order valence-electron chi connectivity index (χ4n) is 2.33. The molecule has 2 amide bonds. The van der Waals surface area contributed by atoms with Crippen molar-refractivity contribution in [3.8, 4) is 0 Å². The summed E-state index contributed by atoms with van der Waals surface area (Å²) in [7, 11) is -3.94. The van der Waals surface area contributed by atoms with E-state index in [-0.39, 0.29) is 16.9 Å². The number of aryl methyl sites for hydroxylation is 1. The van der Waals surface area contributed by atoms with E-state index in [4.69, 9.17) is 10.9 Å². The summed E-state index contributed by atoms with van der Waals surface area (Å²) in [4.78, 5) is 24.0. The monoisotopic (exact) mass is 361 g/mol. The first-order valence-corrected chi connectivity index (χ1v) is 9.00. The summed E-state index contributed by atoms with van der Waals surface area (Å²) < 4.78 is 22.9. The minimum Gasteiger partial charge on any atom is -0.368 e. The largest absolute Gasteiger partial charge is 0.368 e. The van der Waals surface area contributed by atoms with Crippen molar-refractivity contribution in [3.05, 3.63) is 65.2 Å². The third-order valence-electron chi connectivity index (χ3n) is 3.71. The lowest BCUT2D eigenvalue weighted by atomic mass is 10.0. The van der Waals surface area contributed by atoms with E-state index in [0.29, 0.717) is 5.56 Å². The van der Waals surface area contributed by atoms with Gasteiger partial charge in [0.2, 0.25) is 15.9 Å². The highest BCUT2D eigenvalue weighted by molar-refractivity contribution is 7.89. The molecular weight excluding hydrogens is 342 g/mol. The second-order valence-corrected chi connectivity index (χ2v) is 7.20. The second kappa shape index (κ2) is 7.45. The number of hydrogen-bond donors (Lipinski definition) is 3. The highest BCUT2D eigenvalue weighted by Crippen LogP contribution is 2.15. The summed E-state index contributed by atoms with van der Waals surface area (Å²) in [6.07, 6.45) is 0.232. The van der Waals surface area contributed by atoms with Gasteiger partial charge in [-0.2, -0.15) is 0 Å². The highest BCUT2D eigenvalue weighted by Gasteiger charge is 2.21. The summed E-state index contributed by atoms with van der Waals surface area (Å²) in [5, 5.41) is 7.65. The molecule has 1 atom stereocenters. The summed E-state index contributed by atoms with van der Waals surface area (Å²) in [5.41, 5.74) is 6.88. The fraction of sp³-hybridized carbons (Fsp3) is 0.176. The number of carbonyl (C=O) groups excluding carboxylic acids is 2. The Balaban J connectivity index is 2.25. The van der Waals surface area contributed by atoms with Crippen molar-refractivity contribution < 1.29 is 18.0 Å². The van der Waals surface area contributed by atoms with E-state index in [9.17, 15) is 18.0 Å². The quantitative estimate of drug-likeness (QED) is 0.690. The molecule has 0 spiro atoms. The Kier molecular flexibility index (Phi) is 5.55. The standard InChI is InChI=1S/C17H19N3O4S/c1-11-7-8-13(25(19,23)24)10-14(11)17(22)20-15(16(18)21)9-12-5-3-2-4-6-12/h2-8,10,15H,9H2,1H3,(H2,18,21)(H,20,22)(H2,19,23,24). The number of benzene rings is 2. The molecule has 0 saturated carbocycles. The van der Waals surface area contributed by atoms with E-state index < -0.39 is 27.9 Å². The number of sulfonamides is 1. The molecule has 2 aromatic rings. The van der Waals surface area contributed by atoms with Gasteiger partial charge in [-0.3, -0.25) is 9.59 Å². The Labute approximate surface area is 146 Å². The molecule has 5 N–H and O–H groups in total. The summed E-state index contributed by atoms with van der Waals surface area (Å²) in [5.74, 6) is -1.28. The molecular formula is C17H19N3O4S. The lowest BCUT2D eigenvalue weighted by molar-refractivity contribution is -0.119. The average Bonchev–Trinajstić information content (AvgIpc) is 2.54. The van der Waals surface area contributed by atoms with Gasteiger partial charge < -0.3 is 11.1 Å². The van der Waals surface area contributed by atoms with Gasteiger partial charge in [0.1, 0.15) is 6.04 Å². The van der Waals surface area contributed by atoms with Crippen LogP contribution >= 0.6 is 0 Å². The topological polar surface area (TPSA) is 132 Å². The molecule has 2 rings (SSSR count). The molecule has 0 aliphatic carbocycles. The first-order valence-electron chi connectivity index (χ1n) is 7.46. The zero-order valence-electron chi connectivity index (χ0n) is 13.6. The van der Waals surface area contributed by atoms with Crippen LogP contribution in [0.15, 0.2) is 53.4 Å². The maximum Gasteiger partial charge on any atom is 0.252 e. The maximum absolute atomic E-state index is 12.5. The fourth-order valence-corrected chi connectivity index (χ4v) is 2.87. The van der Waals surface area contributed by atoms with Crippen LogP contribution in [0.4, 0.5) is 0 Å². The SMILES string of the molecule is Cc1ccc(S(N)(=O)=O)cc1C(=O)NC(Cc1ccccc1)C(N)=O. The third kappa shape index (κ3) is 4.88. The minimum atomic E-state index is -3.94. The molecule has 0 aliphatic heterocycles. The van der Waals surface area contributed by atoms with Crippen LogP contribution in [0.5, 0.6) is 0 Å². The van der Waals surface area contributed by atoms with Gasteiger partial charge in [0, 0.05) is 12.0 Å². The van der Waals surface area contributed by atoms with Crippen molar-refractivity contribution in [2.75, 3.05) is 0 Å². The Bertz CT molecular complexity index is 895. The summed E-state index contributed by atoms with van der Waals surface area (Å²) in [6, 6.07) is 12.1. The van der Waals surface area contributed by atoms with E-state index >= 15 is 0 Å². The van der Waals surface area contributed by atoms with Gasteiger partial charge in [0.15, 0.2) is 0 Å². The average molecular weight is 361 g/mol. The van der Waals surface area contributed by atoms with Crippen LogP contribution in [0, 0.1) is 6.92 Å². The number of primary amides is 1. The molecule has 0 bridgehead atoms. The van der Waals surface area contributed by atoms with Crippen molar-refractivity contribution >= 4 is 21.8 Å². The smallest absolute Gasteiger partial charge is 0.252 e. The first kappa shape index (κ1) is 18.6. The number of nitrogens with one attached hydrogen (secondary N) is 1. The molecule has 132 valence electrons. The van der Waals surface area contributed by atoms with Crippen molar-refractivity contribution in [3.63, 3.8) is 0 Å². The molecule has 0 radical (unpaired) electrons. The predicted octanol–water partition coefficient (Wildman–Crippen LogP) is 0.469. The Morgan fingerprint density at radius 2 is 1.76 bits per heavy atom. The molecule has 2 aromatic carbocycles. The molecule has 0 aliphatic rings. The van der Waals surface area contributed by atoms with Crippen LogP contribution in [-0.4, -0.2) is 26.3 Å². The van der Waals surface area contributed by atoms with Gasteiger partial charge in [-0.1, -0.05) is 36.4 Å². The van der Waals surface area contributed by atoms with Crippen molar-refractivity contribution in [2.45, 2.75) is 24.3 Å². The number of hydrogen-bond acceptors (Lipinski definition) is 4. The molecule has 0 saturated heterocycles. The zero-order valence-corrected chi connectivity index (χ0v) is 14.4. The minimum absolute atomic E-state index is 0.117. The molecule has 0 aromatic heterocycles. The van der Waals surface area contributed by atoms with Gasteiger partial charge in [-0.05, 0) is 30.2 Å². The van der Waals surface area contributed by atoms with Gasteiger partial charge in [-0.25, -0.2) is 13.6 Å². The van der Waals surface area contributed by atoms with Crippen LogP contribution < -0.4 is 16.2 Å². The molecule has 8 heteroatoms. The van der Waals surface area contributed by atoms with Crippen LogP contribution in [0.3, 0.4) is 0 Å². The molecule has 0 fully saturated rings. The Hall–Kier alpha value is -2.71. The molecule has 25 heavy (non-hydrogen) atoms. The zero-order chi connectivity index (χ0) is 18.6. The van der Waals surface area contributed by atoms with Gasteiger partial charge in [0.25, 0.3) is 5.91 Å². The van der Waals surface area contributed by atoms with Crippen molar-refractivity contribution in [2.24, 2.45) is 10.9 Å². The van der Waals surface area contributed by atoms with Crippen molar-refractivity contribution in [1.29, 1.82) is 0 Å². The number of nitrogens with two attached hydrogens (primary N) is 2. The number of amides is 2. The molecule has 1 unspecified atom stereocenters. The molecule has 0 heterocycles. The predicted molar refractivity (Wildman–Crippen MR) is 93.1 cm³/mol. The van der Waals surface area contributed by atoms with E-state index in [1.165, 1.54) is 18.2 Å². The number of primary sulfonamides is 1. The van der Waals surface area contributed by atoms with Gasteiger partial charge in [0.05, 0.1) is 4.90 Å². The van der Waals surface area contributed by atoms with Crippen LogP contribution in [0.2, 0.25) is 0 Å². The highest BCUT2D eigenvalue weighted by atomic mass is 32.2. The normalized spacial score (nSPS) is 12.4. The van der Waals surface area contributed by atoms with E-state index in [1.54, 1.807) is 6.92 Å². The molecule has 7 nitrogen and oxygen atoms in total. The third-order valence-corrected chi connectivity index (χ3v) is 4.62. The van der Waals surface area contributed by atoms with E-state index in [2.05, 4.69) is 5.32 Å². The first-order chi connectivity index (χ1) is 11.7. The summed E-state index contributed by atoms with van der Waals surface area (Å²) in [6.45, 7) is 1.65. The van der Waals surface area contributed by atoms with Gasteiger partial charge in [-0.15, -0.1) is 0 Å². The lowest BCUT2D eigenvalue weighted by Gasteiger charge is -2.17. The number of carbonyl (C=O) groups is 2. The van der Waals surface area contributed by atoms with Crippen molar-refractivity contribution in [1.82, 2.24) is 5.32 Å². The maximum atomic E-state index is 12.5. The van der Waals surface area contributed by atoms with Crippen LogP contribution in [0.1, 0.15) is 21.5 Å². The van der Waals surface area contributed by atoms with E-state index in [0.717, 1.165) is 5.56 Å². The Morgan fingerprint density at radius 1 is 1.12 bits per heavy atom. The Morgan fingerprint density at radius 3 is 2.32 bits per heavy atom. The van der Waals surface area contributed by atoms with Gasteiger partial charge >= 0.3 is 0 Å². The lowest BCUT2D eigenvalue weighted by Crippen LogP contribution is -2.46. The van der Waals surface area contributed by atoms with E-state index in [1.807, 2.05) is 30.3 Å². The number of rotatable bonds is 6.